The molecule has 1 rings (SSSR count). The van der Waals surface area contributed by atoms with Crippen LogP contribution >= 0.6 is 15.9 Å². The van der Waals surface area contributed by atoms with E-state index in [9.17, 15) is 0 Å². The Hall–Kier alpha value is 0.440. The smallest absolute Gasteiger partial charge is 0.0153 e. The molecule has 1 aliphatic heterocycles. The van der Waals surface area contributed by atoms with Crippen LogP contribution in [0.25, 0.3) is 0 Å². The van der Waals surface area contributed by atoms with E-state index < -0.39 is 0 Å². The quantitative estimate of drug-likeness (QED) is 0.700. The minimum atomic E-state index is 0.440. The molecule has 0 aromatic carbocycles. The fourth-order valence-electron chi connectivity index (χ4n) is 2.22. The molecule has 0 aliphatic carbocycles. The maximum absolute atomic E-state index is 3.63. The molecule has 0 radical (unpaired) electrons. The fourth-order valence-corrected chi connectivity index (χ4v) is 3.17. The highest BCUT2D eigenvalue weighted by molar-refractivity contribution is 9.09. The van der Waals surface area contributed by atoms with Gasteiger partial charge in [0.05, 0.1) is 0 Å². The van der Waals surface area contributed by atoms with Gasteiger partial charge in [-0.1, -0.05) is 29.8 Å². The van der Waals surface area contributed by atoms with Crippen molar-refractivity contribution in [1.82, 2.24) is 4.90 Å². The third kappa shape index (κ3) is 2.96. The molecular weight excluding hydrogens is 238 g/mol. The van der Waals surface area contributed by atoms with E-state index in [-0.39, 0.29) is 0 Å². The van der Waals surface area contributed by atoms with E-state index in [0.29, 0.717) is 5.54 Å². The number of hydrogen-bond donors (Lipinski definition) is 0. The van der Waals surface area contributed by atoms with Crippen molar-refractivity contribution in [2.24, 2.45) is 11.8 Å². The second-order valence-electron chi connectivity index (χ2n) is 5.52. The first-order valence-corrected chi connectivity index (χ1v) is 6.90. The van der Waals surface area contributed by atoms with Gasteiger partial charge in [-0.3, -0.25) is 4.90 Å². The van der Waals surface area contributed by atoms with Crippen molar-refractivity contribution in [2.45, 2.75) is 46.1 Å². The number of hydrogen-bond acceptors (Lipinski definition) is 1. The predicted octanol–water partition coefficient (Wildman–Crippen LogP) is 3.53. The summed E-state index contributed by atoms with van der Waals surface area (Å²) >= 11 is 3.63. The zero-order valence-corrected chi connectivity index (χ0v) is 11.6. The summed E-state index contributed by atoms with van der Waals surface area (Å²) in [5.41, 5.74) is 0.440. The molecule has 1 saturated heterocycles. The van der Waals surface area contributed by atoms with Gasteiger partial charge in [0, 0.05) is 17.4 Å². The maximum Gasteiger partial charge on any atom is 0.0153 e. The van der Waals surface area contributed by atoms with E-state index >= 15 is 0 Å². The second kappa shape index (κ2) is 4.98. The SMILES string of the molecule is CC(C)C(CBr)CN1CCCC1(C)C. The summed E-state index contributed by atoms with van der Waals surface area (Å²) in [7, 11) is 0. The molecule has 0 saturated carbocycles. The van der Waals surface area contributed by atoms with Gasteiger partial charge >= 0.3 is 0 Å². The summed E-state index contributed by atoms with van der Waals surface area (Å²) in [6, 6.07) is 0. The number of likely N-dealkylation sites (tertiary alicyclic amines) is 1. The average Bonchev–Trinajstić information content (AvgIpc) is 2.40. The van der Waals surface area contributed by atoms with Gasteiger partial charge in [-0.05, 0) is 45.1 Å². The van der Waals surface area contributed by atoms with Gasteiger partial charge in [-0.2, -0.15) is 0 Å². The minimum Gasteiger partial charge on any atom is -0.298 e. The molecule has 0 amide bonds. The second-order valence-corrected chi connectivity index (χ2v) is 6.17. The Morgan fingerprint density at radius 3 is 2.36 bits per heavy atom. The van der Waals surface area contributed by atoms with Crippen LogP contribution in [-0.4, -0.2) is 28.9 Å². The van der Waals surface area contributed by atoms with E-state index in [1.807, 2.05) is 0 Å². The number of nitrogens with zero attached hydrogens (tertiary/aromatic N) is 1. The largest absolute Gasteiger partial charge is 0.298 e. The van der Waals surface area contributed by atoms with Gasteiger partial charge in [-0.25, -0.2) is 0 Å². The molecular formula is C12H24BrN. The van der Waals surface area contributed by atoms with Crippen molar-refractivity contribution in [3.8, 4) is 0 Å². The first kappa shape index (κ1) is 12.5. The van der Waals surface area contributed by atoms with E-state index in [0.717, 1.165) is 17.2 Å². The lowest BCUT2D eigenvalue weighted by Gasteiger charge is -2.35. The Kier molecular flexibility index (Phi) is 4.45. The molecule has 14 heavy (non-hydrogen) atoms. The lowest BCUT2D eigenvalue weighted by atomic mass is 9.95. The standard InChI is InChI=1S/C12H24BrN/c1-10(2)11(8-13)9-14-7-5-6-12(14,3)4/h10-11H,5-9H2,1-4H3. The van der Waals surface area contributed by atoms with E-state index in [1.54, 1.807) is 0 Å². The highest BCUT2D eigenvalue weighted by Gasteiger charge is 2.33. The normalized spacial score (nSPS) is 24.4. The Morgan fingerprint density at radius 1 is 1.36 bits per heavy atom. The van der Waals surface area contributed by atoms with Crippen molar-refractivity contribution in [3.05, 3.63) is 0 Å². The Labute approximate surface area is 97.4 Å². The van der Waals surface area contributed by atoms with E-state index in [1.165, 1.54) is 25.9 Å². The maximum atomic E-state index is 3.63. The monoisotopic (exact) mass is 261 g/mol. The van der Waals surface area contributed by atoms with Crippen LogP contribution in [-0.2, 0) is 0 Å². The molecule has 1 atom stereocenters. The van der Waals surface area contributed by atoms with Gasteiger partial charge in [0.25, 0.3) is 0 Å². The average molecular weight is 262 g/mol. The molecule has 1 aliphatic rings. The Balaban J connectivity index is 2.50. The number of alkyl halides is 1. The third-order valence-electron chi connectivity index (χ3n) is 3.67. The summed E-state index contributed by atoms with van der Waals surface area (Å²) in [5, 5.41) is 1.14. The van der Waals surface area contributed by atoms with Crippen LogP contribution in [0.2, 0.25) is 0 Å². The highest BCUT2D eigenvalue weighted by Crippen LogP contribution is 2.30. The fraction of sp³-hybridized carbons (Fsp3) is 1.00. The zero-order chi connectivity index (χ0) is 10.8. The van der Waals surface area contributed by atoms with Gasteiger partial charge in [0.2, 0.25) is 0 Å². The topological polar surface area (TPSA) is 3.24 Å². The predicted molar refractivity (Wildman–Crippen MR) is 67.0 cm³/mol. The Bertz CT molecular complexity index is 177. The van der Waals surface area contributed by atoms with Gasteiger partial charge in [0.1, 0.15) is 0 Å². The molecule has 0 N–H and O–H groups in total. The third-order valence-corrected chi connectivity index (χ3v) is 4.50. The molecule has 84 valence electrons. The van der Waals surface area contributed by atoms with Gasteiger partial charge in [-0.15, -0.1) is 0 Å². The molecule has 0 bridgehead atoms. The van der Waals surface area contributed by atoms with Crippen LogP contribution in [0, 0.1) is 11.8 Å². The molecule has 1 fully saturated rings. The van der Waals surface area contributed by atoms with Crippen molar-refractivity contribution < 1.29 is 0 Å². The summed E-state index contributed by atoms with van der Waals surface area (Å²) in [4.78, 5) is 2.67. The van der Waals surface area contributed by atoms with Crippen LogP contribution in [0.4, 0.5) is 0 Å². The molecule has 1 unspecified atom stereocenters. The zero-order valence-electron chi connectivity index (χ0n) is 10.0. The van der Waals surface area contributed by atoms with Crippen molar-refractivity contribution in [2.75, 3.05) is 18.4 Å². The van der Waals surface area contributed by atoms with Gasteiger partial charge < -0.3 is 0 Å². The molecule has 0 aromatic heterocycles. The summed E-state index contributed by atoms with van der Waals surface area (Å²) in [5.74, 6) is 1.58. The van der Waals surface area contributed by atoms with Crippen LogP contribution in [0.15, 0.2) is 0 Å². The van der Waals surface area contributed by atoms with Crippen molar-refractivity contribution in [3.63, 3.8) is 0 Å². The molecule has 0 aromatic rings. The minimum absolute atomic E-state index is 0.440. The molecule has 1 nitrogen and oxygen atoms in total. The number of halogens is 1. The molecule has 2 heteroatoms. The molecule has 1 heterocycles. The number of rotatable bonds is 4. The van der Waals surface area contributed by atoms with Crippen LogP contribution in [0.1, 0.15) is 40.5 Å². The van der Waals surface area contributed by atoms with Crippen LogP contribution < -0.4 is 0 Å². The summed E-state index contributed by atoms with van der Waals surface area (Å²) in [6.45, 7) is 12.0. The van der Waals surface area contributed by atoms with E-state index in [2.05, 4.69) is 48.5 Å². The molecule has 0 spiro atoms. The van der Waals surface area contributed by atoms with Gasteiger partial charge in [0.15, 0.2) is 0 Å². The lowest BCUT2D eigenvalue weighted by Crippen LogP contribution is -2.42. The van der Waals surface area contributed by atoms with Crippen molar-refractivity contribution >= 4 is 15.9 Å². The first-order chi connectivity index (χ1) is 6.47. The van der Waals surface area contributed by atoms with Crippen LogP contribution in [0.3, 0.4) is 0 Å². The van der Waals surface area contributed by atoms with Crippen LogP contribution in [0.5, 0.6) is 0 Å². The highest BCUT2D eigenvalue weighted by atomic mass is 79.9. The van der Waals surface area contributed by atoms with E-state index in [4.69, 9.17) is 0 Å². The van der Waals surface area contributed by atoms with Crippen molar-refractivity contribution in [1.29, 1.82) is 0 Å². The summed E-state index contributed by atoms with van der Waals surface area (Å²) in [6.07, 6.45) is 2.74. The Morgan fingerprint density at radius 2 is 2.00 bits per heavy atom. The first-order valence-electron chi connectivity index (χ1n) is 5.78. The summed E-state index contributed by atoms with van der Waals surface area (Å²) < 4.78 is 0. The lowest BCUT2D eigenvalue weighted by molar-refractivity contribution is 0.140.